The molecule has 0 fully saturated rings. The molecule has 2 atom stereocenters. The number of alkyl halides is 3. The number of ether oxygens (including phenoxy) is 1. The zero-order valence-corrected chi connectivity index (χ0v) is 10.7. The van der Waals surface area contributed by atoms with Gasteiger partial charge in [0.2, 0.25) is 3.79 Å². The number of aliphatic hydroxyl groups excluding tert-OH is 1. The minimum Gasteiger partial charge on any atom is -0.463 e. The molecule has 6 heteroatoms. The fourth-order valence-electron chi connectivity index (χ4n) is 0.824. The molecular formula is C9H13Cl3O3. The van der Waals surface area contributed by atoms with E-state index < -0.39 is 21.8 Å². The zero-order valence-electron chi connectivity index (χ0n) is 8.41. The number of hydrogen-bond donors (Lipinski definition) is 1. The highest BCUT2D eigenvalue weighted by Gasteiger charge is 2.33. The summed E-state index contributed by atoms with van der Waals surface area (Å²) in [5.74, 6) is -0.942. The normalized spacial score (nSPS) is 16.4. The topological polar surface area (TPSA) is 46.5 Å². The fourth-order valence-corrected chi connectivity index (χ4v) is 1.42. The maximum atomic E-state index is 10.9. The molecule has 0 rings (SSSR count). The van der Waals surface area contributed by atoms with E-state index in [1.54, 1.807) is 13.8 Å². The van der Waals surface area contributed by atoms with Crippen molar-refractivity contribution in [3.05, 3.63) is 12.2 Å². The summed E-state index contributed by atoms with van der Waals surface area (Å²) >= 11 is 16.5. The van der Waals surface area contributed by atoms with Crippen LogP contribution >= 0.6 is 34.8 Å². The van der Waals surface area contributed by atoms with Gasteiger partial charge in [-0.25, -0.2) is 4.79 Å². The van der Waals surface area contributed by atoms with Gasteiger partial charge < -0.3 is 9.84 Å². The van der Waals surface area contributed by atoms with Gasteiger partial charge in [-0.3, -0.25) is 0 Å². The highest BCUT2D eigenvalue weighted by Crippen LogP contribution is 2.34. The molecule has 0 radical (unpaired) electrons. The van der Waals surface area contributed by atoms with Crippen molar-refractivity contribution < 1.29 is 14.6 Å². The summed E-state index contributed by atoms with van der Waals surface area (Å²) in [7, 11) is 0. The van der Waals surface area contributed by atoms with E-state index in [-0.39, 0.29) is 0 Å². The first-order valence-corrected chi connectivity index (χ1v) is 5.52. The highest BCUT2D eigenvalue weighted by atomic mass is 35.6. The summed E-state index contributed by atoms with van der Waals surface area (Å²) in [6.07, 6.45) is 1.46. The molecular weight excluding hydrogens is 262 g/mol. The molecule has 0 saturated heterocycles. The molecule has 88 valence electrons. The van der Waals surface area contributed by atoms with E-state index in [4.69, 9.17) is 34.8 Å². The second kappa shape index (κ2) is 6.59. The Morgan fingerprint density at radius 1 is 1.53 bits per heavy atom. The van der Waals surface area contributed by atoms with Crippen molar-refractivity contribution in [2.75, 3.05) is 6.61 Å². The van der Waals surface area contributed by atoms with Crippen molar-refractivity contribution in [3.63, 3.8) is 0 Å². The minimum absolute atomic E-state index is 0.296. The second-order valence-corrected chi connectivity index (χ2v) is 5.33. The van der Waals surface area contributed by atoms with Crippen LogP contribution in [0.15, 0.2) is 12.2 Å². The van der Waals surface area contributed by atoms with E-state index in [0.29, 0.717) is 6.61 Å². The molecule has 0 bridgehead atoms. The Balaban J connectivity index is 4.24. The number of carbonyl (C=O) groups excluding carboxylic acids is 1. The van der Waals surface area contributed by atoms with Gasteiger partial charge in [0.25, 0.3) is 0 Å². The number of carbonyl (C=O) groups is 1. The molecule has 15 heavy (non-hydrogen) atoms. The largest absolute Gasteiger partial charge is 0.463 e. The maximum Gasteiger partial charge on any atom is 0.330 e. The number of hydrogen-bond acceptors (Lipinski definition) is 3. The summed E-state index contributed by atoms with van der Waals surface area (Å²) in [6, 6.07) is 0. The maximum absolute atomic E-state index is 10.9. The summed E-state index contributed by atoms with van der Waals surface area (Å²) in [5, 5.41) is 9.50. The van der Waals surface area contributed by atoms with Crippen molar-refractivity contribution >= 4 is 40.8 Å². The van der Waals surface area contributed by atoms with E-state index >= 15 is 0 Å². The number of esters is 1. The molecule has 0 saturated carbocycles. The molecule has 0 aromatic carbocycles. The Bertz CT molecular complexity index is 235. The Hall–Kier alpha value is 0.0400. The van der Waals surface area contributed by atoms with Crippen LogP contribution in [0, 0.1) is 5.92 Å². The molecule has 0 heterocycles. The monoisotopic (exact) mass is 274 g/mol. The Kier molecular flexibility index (Phi) is 6.60. The van der Waals surface area contributed by atoms with Crippen molar-refractivity contribution in [2.24, 2.45) is 5.92 Å². The van der Waals surface area contributed by atoms with Crippen LogP contribution in [0.1, 0.15) is 13.8 Å². The van der Waals surface area contributed by atoms with Crippen LogP contribution in [0.25, 0.3) is 0 Å². The third-order valence-corrected chi connectivity index (χ3v) is 2.33. The van der Waals surface area contributed by atoms with Crippen LogP contribution < -0.4 is 0 Å². The molecule has 0 aliphatic heterocycles. The molecule has 0 amide bonds. The fraction of sp³-hybridized carbons (Fsp3) is 0.667. The van der Waals surface area contributed by atoms with Crippen molar-refractivity contribution in [2.45, 2.75) is 23.7 Å². The third kappa shape index (κ3) is 6.25. The average molecular weight is 276 g/mol. The van der Waals surface area contributed by atoms with Crippen LogP contribution in [-0.2, 0) is 9.53 Å². The standard InChI is InChI=1S/C9H13Cl3O3/c1-3-15-7(13)5-4-6(2)8(14)9(10,11)12/h4-6,8,14H,3H2,1-2H3/b5-4+/t6-,8-/m1/s1. The third-order valence-electron chi connectivity index (χ3n) is 1.66. The second-order valence-electron chi connectivity index (χ2n) is 2.96. The summed E-state index contributed by atoms with van der Waals surface area (Å²) in [4.78, 5) is 10.9. The van der Waals surface area contributed by atoms with Crippen molar-refractivity contribution in [3.8, 4) is 0 Å². The van der Waals surface area contributed by atoms with Crippen LogP contribution in [0.2, 0.25) is 0 Å². The summed E-state index contributed by atoms with van der Waals surface area (Å²) in [5.41, 5.74) is 0. The first-order valence-electron chi connectivity index (χ1n) is 4.38. The van der Waals surface area contributed by atoms with Crippen LogP contribution in [0.4, 0.5) is 0 Å². The molecule has 0 aliphatic carbocycles. The van der Waals surface area contributed by atoms with Gasteiger partial charge in [0.05, 0.1) is 6.61 Å². The van der Waals surface area contributed by atoms with E-state index in [2.05, 4.69) is 4.74 Å². The highest BCUT2D eigenvalue weighted by molar-refractivity contribution is 6.68. The first-order chi connectivity index (χ1) is 6.79. The zero-order chi connectivity index (χ0) is 12.1. The Labute approximate surface area is 104 Å². The molecule has 0 spiro atoms. The van der Waals surface area contributed by atoms with E-state index in [0.717, 1.165) is 0 Å². The average Bonchev–Trinajstić information content (AvgIpc) is 2.12. The van der Waals surface area contributed by atoms with Gasteiger partial charge in [-0.15, -0.1) is 0 Å². The molecule has 0 unspecified atom stereocenters. The Morgan fingerprint density at radius 3 is 2.47 bits per heavy atom. The molecule has 0 aromatic rings. The number of aliphatic hydroxyl groups is 1. The smallest absolute Gasteiger partial charge is 0.330 e. The van der Waals surface area contributed by atoms with E-state index in [9.17, 15) is 9.90 Å². The van der Waals surface area contributed by atoms with Gasteiger partial charge >= 0.3 is 5.97 Å². The van der Waals surface area contributed by atoms with Crippen LogP contribution in [0.3, 0.4) is 0 Å². The first kappa shape index (κ1) is 15.0. The lowest BCUT2D eigenvalue weighted by atomic mass is 10.1. The lowest BCUT2D eigenvalue weighted by molar-refractivity contribution is -0.137. The van der Waals surface area contributed by atoms with E-state index in [1.165, 1.54) is 12.2 Å². The minimum atomic E-state index is -1.77. The Morgan fingerprint density at radius 2 is 2.07 bits per heavy atom. The molecule has 0 aliphatic rings. The van der Waals surface area contributed by atoms with Gasteiger partial charge in [0.1, 0.15) is 6.10 Å². The van der Waals surface area contributed by atoms with Crippen molar-refractivity contribution in [1.82, 2.24) is 0 Å². The number of rotatable bonds is 4. The molecule has 1 N–H and O–H groups in total. The van der Waals surface area contributed by atoms with Crippen molar-refractivity contribution in [1.29, 1.82) is 0 Å². The van der Waals surface area contributed by atoms with Gasteiger partial charge in [0.15, 0.2) is 0 Å². The van der Waals surface area contributed by atoms with Gasteiger partial charge in [-0.1, -0.05) is 47.8 Å². The van der Waals surface area contributed by atoms with Crippen LogP contribution in [0.5, 0.6) is 0 Å². The van der Waals surface area contributed by atoms with Crippen LogP contribution in [-0.4, -0.2) is 27.6 Å². The predicted octanol–water partition coefficient (Wildman–Crippen LogP) is 2.47. The van der Waals surface area contributed by atoms with Gasteiger partial charge in [-0.05, 0) is 6.92 Å². The molecule has 3 nitrogen and oxygen atoms in total. The summed E-state index contributed by atoms with van der Waals surface area (Å²) < 4.78 is 2.89. The van der Waals surface area contributed by atoms with E-state index in [1.807, 2.05) is 0 Å². The number of halogens is 3. The predicted molar refractivity (Wildman–Crippen MR) is 61.2 cm³/mol. The summed E-state index contributed by atoms with van der Waals surface area (Å²) in [6.45, 7) is 3.62. The lowest BCUT2D eigenvalue weighted by Crippen LogP contribution is -2.31. The van der Waals surface area contributed by atoms with Gasteiger partial charge in [0, 0.05) is 12.0 Å². The van der Waals surface area contributed by atoms with Gasteiger partial charge in [-0.2, -0.15) is 0 Å². The lowest BCUT2D eigenvalue weighted by Gasteiger charge is -2.22. The SMILES string of the molecule is CCOC(=O)/C=C/[C@@H](C)[C@@H](O)C(Cl)(Cl)Cl. The quantitative estimate of drug-likeness (QED) is 0.487. The molecule has 0 aromatic heterocycles.